The molecule has 2 N–H and O–H groups in total. The largest absolute Gasteiger partial charge is 0.494 e. The summed E-state index contributed by atoms with van der Waals surface area (Å²) in [6.45, 7) is 0. The third-order valence-electron chi connectivity index (χ3n) is 5.68. The molecule has 0 unspecified atom stereocenters. The molecule has 138 valence electrons. The zero-order valence-electron chi connectivity index (χ0n) is 14.8. The first-order chi connectivity index (χ1) is 12.1. The molecular formula is C20H28FNO3. The van der Waals surface area contributed by atoms with Gasteiger partial charge in [0.25, 0.3) is 0 Å². The lowest BCUT2D eigenvalue weighted by Gasteiger charge is -2.39. The van der Waals surface area contributed by atoms with E-state index >= 15 is 0 Å². The van der Waals surface area contributed by atoms with Gasteiger partial charge in [-0.05, 0) is 49.3 Å². The molecule has 1 atom stereocenters. The maximum absolute atomic E-state index is 14.1. The van der Waals surface area contributed by atoms with Crippen LogP contribution in [-0.4, -0.2) is 24.2 Å². The molecule has 5 heteroatoms. The summed E-state index contributed by atoms with van der Waals surface area (Å²) in [5, 5.41) is 12.8. The van der Waals surface area contributed by atoms with E-state index in [1.165, 1.54) is 26.0 Å². The van der Waals surface area contributed by atoms with Gasteiger partial charge >= 0.3 is 0 Å². The normalized spacial score (nSPS) is 25.6. The zero-order chi connectivity index (χ0) is 17.8. The first-order valence-corrected chi connectivity index (χ1v) is 9.40. The van der Waals surface area contributed by atoms with Gasteiger partial charge in [-0.1, -0.05) is 31.7 Å². The third kappa shape index (κ3) is 4.32. The highest BCUT2D eigenvalue weighted by molar-refractivity contribution is 5.79. The molecule has 1 aromatic rings. The van der Waals surface area contributed by atoms with E-state index in [-0.39, 0.29) is 35.6 Å². The molecule has 0 spiro atoms. The second-order valence-corrected chi connectivity index (χ2v) is 7.45. The van der Waals surface area contributed by atoms with Gasteiger partial charge in [0.2, 0.25) is 5.91 Å². The van der Waals surface area contributed by atoms with Crippen molar-refractivity contribution in [3.05, 3.63) is 29.6 Å². The summed E-state index contributed by atoms with van der Waals surface area (Å²) in [5.74, 6) is 0.0555. The molecule has 0 saturated heterocycles. The number of nitrogens with one attached hydrogen (secondary N) is 1. The average molecular weight is 349 g/mol. The Morgan fingerprint density at radius 1 is 1.24 bits per heavy atom. The van der Waals surface area contributed by atoms with Crippen LogP contribution in [0.1, 0.15) is 63.0 Å². The van der Waals surface area contributed by atoms with E-state index in [1.54, 1.807) is 6.07 Å². The van der Waals surface area contributed by atoms with E-state index in [9.17, 15) is 14.3 Å². The molecule has 1 amide bonds. The van der Waals surface area contributed by atoms with Crippen LogP contribution in [0.5, 0.6) is 5.75 Å². The van der Waals surface area contributed by atoms with Gasteiger partial charge in [-0.3, -0.25) is 4.79 Å². The summed E-state index contributed by atoms with van der Waals surface area (Å²) in [5.41, 5.74) is 0.747. The molecule has 0 heterocycles. The topological polar surface area (TPSA) is 58.6 Å². The van der Waals surface area contributed by atoms with Crippen LogP contribution < -0.4 is 10.1 Å². The molecule has 25 heavy (non-hydrogen) atoms. The molecule has 2 aliphatic carbocycles. The number of aliphatic hydroxyl groups is 1. The Balaban J connectivity index is 1.75. The molecule has 4 nitrogen and oxygen atoms in total. The Labute approximate surface area is 148 Å². The fourth-order valence-electron chi connectivity index (χ4n) is 4.06. The smallest absolute Gasteiger partial charge is 0.223 e. The molecule has 2 aliphatic rings. The van der Waals surface area contributed by atoms with Gasteiger partial charge in [0, 0.05) is 5.92 Å². The number of carbonyl (C=O) groups is 1. The fraction of sp³-hybridized carbons (Fsp3) is 0.650. The van der Waals surface area contributed by atoms with Crippen LogP contribution in [0.25, 0.3) is 0 Å². The van der Waals surface area contributed by atoms with Crippen LogP contribution in [-0.2, 0) is 4.79 Å². The molecule has 0 aromatic heterocycles. The lowest BCUT2D eigenvalue weighted by atomic mass is 9.75. The molecule has 0 aliphatic heterocycles. The quantitative estimate of drug-likeness (QED) is 0.796. The van der Waals surface area contributed by atoms with Crippen molar-refractivity contribution in [2.75, 3.05) is 7.11 Å². The number of rotatable bonds is 5. The van der Waals surface area contributed by atoms with Crippen molar-refractivity contribution in [3.8, 4) is 5.75 Å². The van der Waals surface area contributed by atoms with Gasteiger partial charge in [0.15, 0.2) is 11.6 Å². The van der Waals surface area contributed by atoms with Gasteiger partial charge in [0.05, 0.1) is 19.3 Å². The van der Waals surface area contributed by atoms with Crippen molar-refractivity contribution >= 4 is 5.91 Å². The number of aliphatic hydroxyl groups excluding tert-OH is 1. The van der Waals surface area contributed by atoms with E-state index < -0.39 is 5.82 Å². The summed E-state index contributed by atoms with van der Waals surface area (Å²) < 4.78 is 19.1. The first-order valence-electron chi connectivity index (χ1n) is 9.40. The minimum Gasteiger partial charge on any atom is -0.494 e. The van der Waals surface area contributed by atoms with Gasteiger partial charge in [0.1, 0.15) is 0 Å². The number of methoxy groups -OCH3 is 1. The second kappa shape index (κ2) is 8.17. The van der Waals surface area contributed by atoms with Crippen molar-refractivity contribution in [2.45, 2.75) is 63.5 Å². The number of hydrogen-bond acceptors (Lipinski definition) is 3. The van der Waals surface area contributed by atoms with Gasteiger partial charge < -0.3 is 15.2 Å². The number of amides is 1. The summed E-state index contributed by atoms with van der Waals surface area (Å²) in [7, 11) is 1.44. The molecular weight excluding hydrogens is 321 g/mol. The van der Waals surface area contributed by atoms with Gasteiger partial charge in [-0.2, -0.15) is 0 Å². The van der Waals surface area contributed by atoms with E-state index in [4.69, 9.17) is 4.74 Å². The Hall–Kier alpha value is -1.62. The monoisotopic (exact) mass is 349 g/mol. The van der Waals surface area contributed by atoms with Gasteiger partial charge in [-0.15, -0.1) is 0 Å². The van der Waals surface area contributed by atoms with Crippen molar-refractivity contribution in [1.29, 1.82) is 0 Å². The van der Waals surface area contributed by atoms with E-state index in [0.717, 1.165) is 31.2 Å². The molecule has 2 saturated carbocycles. The van der Waals surface area contributed by atoms with E-state index in [1.807, 2.05) is 6.07 Å². The number of hydrogen-bond donors (Lipinski definition) is 2. The summed E-state index contributed by atoms with van der Waals surface area (Å²) in [4.78, 5) is 12.8. The van der Waals surface area contributed by atoms with Crippen LogP contribution in [0.2, 0.25) is 0 Å². The van der Waals surface area contributed by atoms with E-state index in [2.05, 4.69) is 5.32 Å². The number of carbonyl (C=O) groups excluding carboxylic acids is 1. The highest BCUT2D eigenvalue weighted by Gasteiger charge is 2.37. The Kier molecular flexibility index (Phi) is 5.94. The number of ether oxygens (including phenoxy) is 1. The van der Waals surface area contributed by atoms with Crippen LogP contribution in [0.15, 0.2) is 18.2 Å². The highest BCUT2D eigenvalue weighted by atomic mass is 19.1. The Morgan fingerprint density at radius 3 is 2.48 bits per heavy atom. The average Bonchev–Trinajstić information content (AvgIpc) is 2.86. The molecule has 0 radical (unpaired) electrons. The van der Waals surface area contributed by atoms with Crippen LogP contribution in [0.3, 0.4) is 0 Å². The van der Waals surface area contributed by atoms with Crippen molar-refractivity contribution in [3.63, 3.8) is 0 Å². The molecule has 0 bridgehead atoms. The second-order valence-electron chi connectivity index (χ2n) is 7.45. The fourth-order valence-corrected chi connectivity index (χ4v) is 4.06. The van der Waals surface area contributed by atoms with E-state index in [0.29, 0.717) is 12.8 Å². The Morgan fingerprint density at radius 2 is 1.92 bits per heavy atom. The summed E-state index contributed by atoms with van der Waals surface area (Å²) >= 11 is 0. The SMILES string of the molecule is COc1ccc([C@@H](NC(=O)C2CCCCCC2)C2CC(O)C2)cc1F. The maximum atomic E-state index is 14.1. The van der Waals surface area contributed by atoms with Crippen LogP contribution in [0.4, 0.5) is 4.39 Å². The van der Waals surface area contributed by atoms with Crippen molar-refractivity contribution in [1.82, 2.24) is 5.32 Å². The Bertz CT molecular complexity index is 593. The molecule has 1 aromatic carbocycles. The number of halogens is 1. The predicted octanol–water partition coefficient (Wildman–Crippen LogP) is 3.73. The van der Waals surface area contributed by atoms with Crippen LogP contribution in [0, 0.1) is 17.7 Å². The lowest BCUT2D eigenvalue weighted by molar-refractivity contribution is -0.127. The van der Waals surface area contributed by atoms with Gasteiger partial charge in [-0.25, -0.2) is 4.39 Å². The summed E-state index contributed by atoms with van der Waals surface area (Å²) in [6.07, 6.45) is 7.44. The maximum Gasteiger partial charge on any atom is 0.223 e. The first kappa shape index (κ1) is 18.2. The lowest BCUT2D eigenvalue weighted by Crippen LogP contribution is -2.43. The predicted molar refractivity (Wildman–Crippen MR) is 93.8 cm³/mol. The standard InChI is InChI=1S/C20H28FNO3/c1-25-18-9-8-14(12-17(18)21)19(15-10-16(23)11-15)22-20(24)13-6-4-2-3-5-7-13/h8-9,12-13,15-16,19,23H,2-7,10-11H2,1H3,(H,22,24)/t15?,16?,19-/m1/s1. The number of benzene rings is 1. The van der Waals surface area contributed by atoms with Crippen LogP contribution >= 0.6 is 0 Å². The summed E-state index contributed by atoms with van der Waals surface area (Å²) in [6, 6.07) is 4.61. The highest BCUT2D eigenvalue weighted by Crippen LogP contribution is 2.39. The van der Waals surface area contributed by atoms with Crippen molar-refractivity contribution in [2.24, 2.45) is 11.8 Å². The third-order valence-corrected chi connectivity index (χ3v) is 5.68. The zero-order valence-corrected chi connectivity index (χ0v) is 14.8. The minimum atomic E-state index is -0.423. The molecule has 2 fully saturated rings. The van der Waals surface area contributed by atoms with Crippen molar-refractivity contribution < 1.29 is 19.0 Å². The molecule has 3 rings (SSSR count). The minimum absolute atomic E-state index is 0.0538.